The third-order valence-corrected chi connectivity index (χ3v) is 6.35. The molecule has 0 amide bonds. The van der Waals surface area contributed by atoms with E-state index in [1.165, 1.54) is 15.3 Å². The number of thiophene rings is 1. The summed E-state index contributed by atoms with van der Waals surface area (Å²) >= 11 is 3.53. The standard InChI is InChI=1S/C19H21N3OS2/c1-2-5-15(6-3-1)18-14-21-19(25-18)20-13-16(17-7-4-12-24-17)22-8-10-23-11-9-22/h1-7,12,14,16H,8-11,13H2,(H,20,21). The van der Waals surface area contributed by atoms with Crippen LogP contribution in [-0.4, -0.2) is 42.7 Å². The van der Waals surface area contributed by atoms with Gasteiger partial charge in [-0.3, -0.25) is 4.90 Å². The first kappa shape index (κ1) is 16.7. The van der Waals surface area contributed by atoms with Crippen molar-refractivity contribution in [2.45, 2.75) is 6.04 Å². The van der Waals surface area contributed by atoms with Gasteiger partial charge in [-0.25, -0.2) is 4.98 Å². The number of thiazole rings is 1. The lowest BCUT2D eigenvalue weighted by atomic mass is 10.2. The van der Waals surface area contributed by atoms with Gasteiger partial charge in [-0.1, -0.05) is 47.7 Å². The van der Waals surface area contributed by atoms with Crippen molar-refractivity contribution in [2.24, 2.45) is 0 Å². The van der Waals surface area contributed by atoms with Crippen LogP contribution < -0.4 is 5.32 Å². The first-order valence-corrected chi connectivity index (χ1v) is 10.2. The third-order valence-electron chi connectivity index (χ3n) is 4.37. The first-order valence-electron chi connectivity index (χ1n) is 8.50. The average Bonchev–Trinajstić information content (AvgIpc) is 3.36. The molecule has 1 aliphatic rings. The van der Waals surface area contributed by atoms with Gasteiger partial charge in [0.1, 0.15) is 0 Å². The Bertz CT molecular complexity index is 767. The van der Waals surface area contributed by atoms with Crippen LogP contribution in [0.3, 0.4) is 0 Å². The fraction of sp³-hybridized carbons (Fsp3) is 0.316. The summed E-state index contributed by atoms with van der Waals surface area (Å²) in [5.74, 6) is 0. The van der Waals surface area contributed by atoms with E-state index in [2.05, 4.69) is 57.0 Å². The van der Waals surface area contributed by atoms with Crippen LogP contribution in [0.4, 0.5) is 5.13 Å². The maximum Gasteiger partial charge on any atom is 0.183 e. The van der Waals surface area contributed by atoms with E-state index < -0.39 is 0 Å². The Morgan fingerprint density at radius 3 is 2.72 bits per heavy atom. The maximum atomic E-state index is 5.51. The zero-order chi connectivity index (χ0) is 16.9. The van der Waals surface area contributed by atoms with Gasteiger partial charge in [0.15, 0.2) is 5.13 Å². The van der Waals surface area contributed by atoms with Gasteiger partial charge in [0.05, 0.1) is 24.1 Å². The molecule has 3 aromatic rings. The smallest absolute Gasteiger partial charge is 0.183 e. The second-order valence-electron chi connectivity index (χ2n) is 5.96. The minimum Gasteiger partial charge on any atom is -0.379 e. The lowest BCUT2D eigenvalue weighted by Crippen LogP contribution is -2.41. The Hall–Kier alpha value is -1.73. The largest absolute Gasteiger partial charge is 0.379 e. The third kappa shape index (κ3) is 4.10. The summed E-state index contributed by atoms with van der Waals surface area (Å²) in [5.41, 5.74) is 1.22. The van der Waals surface area contributed by atoms with E-state index in [0.717, 1.165) is 38.0 Å². The molecule has 4 rings (SSSR count). The predicted octanol–water partition coefficient (Wildman–Crippen LogP) is 4.36. The molecule has 6 heteroatoms. The van der Waals surface area contributed by atoms with Gasteiger partial charge >= 0.3 is 0 Å². The van der Waals surface area contributed by atoms with Crippen LogP contribution in [0.5, 0.6) is 0 Å². The summed E-state index contributed by atoms with van der Waals surface area (Å²) in [7, 11) is 0. The predicted molar refractivity (Wildman–Crippen MR) is 105 cm³/mol. The number of morpholine rings is 1. The normalized spacial score (nSPS) is 16.6. The molecule has 25 heavy (non-hydrogen) atoms. The zero-order valence-corrected chi connectivity index (χ0v) is 15.6. The quantitative estimate of drug-likeness (QED) is 0.699. The molecule has 1 fully saturated rings. The highest BCUT2D eigenvalue weighted by Crippen LogP contribution is 2.30. The summed E-state index contributed by atoms with van der Waals surface area (Å²) in [6.45, 7) is 4.46. The molecule has 4 nitrogen and oxygen atoms in total. The maximum absolute atomic E-state index is 5.51. The highest BCUT2D eigenvalue weighted by molar-refractivity contribution is 7.18. The van der Waals surface area contributed by atoms with Crippen LogP contribution in [0.25, 0.3) is 10.4 Å². The van der Waals surface area contributed by atoms with Gasteiger partial charge in [-0.2, -0.15) is 0 Å². The fourth-order valence-corrected chi connectivity index (χ4v) is 4.74. The SMILES string of the molecule is c1ccc(-c2cnc(NCC(c3cccs3)N3CCOCC3)s2)cc1. The lowest BCUT2D eigenvalue weighted by Gasteiger charge is -2.34. The summed E-state index contributed by atoms with van der Waals surface area (Å²) in [6.07, 6.45) is 1.96. The topological polar surface area (TPSA) is 37.4 Å². The minimum absolute atomic E-state index is 0.368. The van der Waals surface area contributed by atoms with Crippen LogP contribution in [0.15, 0.2) is 54.0 Å². The van der Waals surface area contributed by atoms with Gasteiger partial charge in [0.25, 0.3) is 0 Å². The average molecular weight is 372 g/mol. The van der Waals surface area contributed by atoms with Crippen molar-refractivity contribution in [1.82, 2.24) is 9.88 Å². The fourth-order valence-electron chi connectivity index (χ4n) is 3.06. The van der Waals surface area contributed by atoms with Crippen LogP contribution in [-0.2, 0) is 4.74 Å². The molecule has 3 heterocycles. The van der Waals surface area contributed by atoms with E-state index in [0.29, 0.717) is 6.04 Å². The van der Waals surface area contributed by atoms with Crippen molar-refractivity contribution in [3.63, 3.8) is 0 Å². The Morgan fingerprint density at radius 1 is 1.12 bits per heavy atom. The number of benzene rings is 1. The van der Waals surface area contributed by atoms with E-state index in [-0.39, 0.29) is 0 Å². The molecule has 1 aromatic carbocycles. The Labute approximate surface area is 156 Å². The van der Waals surface area contributed by atoms with Gasteiger partial charge in [-0.15, -0.1) is 11.3 Å². The monoisotopic (exact) mass is 371 g/mol. The van der Waals surface area contributed by atoms with Gasteiger partial charge in [0.2, 0.25) is 0 Å². The molecule has 1 saturated heterocycles. The van der Waals surface area contributed by atoms with Gasteiger partial charge in [0, 0.05) is 30.7 Å². The van der Waals surface area contributed by atoms with Crippen molar-refractivity contribution < 1.29 is 4.74 Å². The minimum atomic E-state index is 0.368. The van der Waals surface area contributed by atoms with Crippen molar-refractivity contribution in [2.75, 3.05) is 38.2 Å². The van der Waals surface area contributed by atoms with Gasteiger partial charge < -0.3 is 10.1 Å². The Morgan fingerprint density at radius 2 is 1.96 bits per heavy atom. The molecule has 0 saturated carbocycles. The number of nitrogens with zero attached hydrogens (tertiary/aromatic N) is 2. The van der Waals surface area contributed by atoms with E-state index in [1.54, 1.807) is 11.3 Å². The Balaban J connectivity index is 1.45. The summed E-state index contributed by atoms with van der Waals surface area (Å²) < 4.78 is 5.51. The highest BCUT2D eigenvalue weighted by atomic mass is 32.1. The van der Waals surface area contributed by atoms with Crippen LogP contribution in [0, 0.1) is 0 Å². The van der Waals surface area contributed by atoms with E-state index in [9.17, 15) is 0 Å². The second-order valence-corrected chi connectivity index (χ2v) is 7.97. The molecule has 1 N–H and O–H groups in total. The van der Waals surface area contributed by atoms with Crippen LogP contribution in [0.2, 0.25) is 0 Å². The number of hydrogen-bond acceptors (Lipinski definition) is 6. The summed E-state index contributed by atoms with van der Waals surface area (Å²) in [5, 5.41) is 6.68. The van der Waals surface area contributed by atoms with E-state index in [1.807, 2.05) is 23.6 Å². The van der Waals surface area contributed by atoms with Crippen molar-refractivity contribution >= 4 is 27.8 Å². The molecule has 130 valence electrons. The van der Waals surface area contributed by atoms with E-state index in [4.69, 9.17) is 4.74 Å². The molecule has 2 aromatic heterocycles. The number of rotatable bonds is 6. The lowest BCUT2D eigenvalue weighted by molar-refractivity contribution is 0.0194. The second kappa shape index (κ2) is 8.10. The molecule has 1 atom stereocenters. The molecule has 0 bridgehead atoms. The number of ether oxygens (including phenoxy) is 1. The molecular formula is C19H21N3OS2. The van der Waals surface area contributed by atoms with Crippen LogP contribution in [0.1, 0.15) is 10.9 Å². The molecule has 0 aliphatic carbocycles. The molecule has 0 radical (unpaired) electrons. The Kier molecular flexibility index (Phi) is 5.42. The van der Waals surface area contributed by atoms with Gasteiger partial charge in [-0.05, 0) is 17.0 Å². The number of hydrogen-bond donors (Lipinski definition) is 1. The number of aromatic nitrogens is 1. The summed E-state index contributed by atoms with van der Waals surface area (Å²) in [4.78, 5) is 9.66. The summed E-state index contributed by atoms with van der Waals surface area (Å²) in [6, 6.07) is 15.1. The van der Waals surface area contributed by atoms with Crippen molar-refractivity contribution in [3.05, 3.63) is 58.9 Å². The van der Waals surface area contributed by atoms with Crippen molar-refractivity contribution in [1.29, 1.82) is 0 Å². The van der Waals surface area contributed by atoms with E-state index >= 15 is 0 Å². The zero-order valence-electron chi connectivity index (χ0n) is 13.9. The first-order chi connectivity index (χ1) is 12.4. The number of anilines is 1. The molecule has 1 unspecified atom stereocenters. The highest BCUT2D eigenvalue weighted by Gasteiger charge is 2.23. The van der Waals surface area contributed by atoms with Crippen LogP contribution >= 0.6 is 22.7 Å². The van der Waals surface area contributed by atoms with Crippen molar-refractivity contribution in [3.8, 4) is 10.4 Å². The molecule has 0 spiro atoms. The molecular weight excluding hydrogens is 350 g/mol. The number of nitrogens with one attached hydrogen (secondary N) is 1. The molecule has 1 aliphatic heterocycles.